The first-order valence-corrected chi connectivity index (χ1v) is 12.6. The number of hydrogen-bond acceptors (Lipinski definition) is 8. The molecule has 3 aromatic rings. The third-order valence-corrected chi connectivity index (χ3v) is 8.32. The van der Waals surface area contributed by atoms with Crippen LogP contribution in [0.4, 0.5) is 17.5 Å². The fraction of sp³-hybridized carbons (Fsp3) is 0.500. The molecule has 33 heavy (non-hydrogen) atoms. The van der Waals surface area contributed by atoms with Gasteiger partial charge in [0.15, 0.2) is 0 Å². The summed E-state index contributed by atoms with van der Waals surface area (Å²) in [5.74, 6) is 1.69. The third kappa shape index (κ3) is 3.73. The van der Waals surface area contributed by atoms with Crippen molar-refractivity contribution in [1.29, 1.82) is 0 Å². The van der Waals surface area contributed by atoms with E-state index in [0.29, 0.717) is 23.9 Å². The largest absolute Gasteiger partial charge is 0.364 e. The molecule has 3 fully saturated rings. The fourth-order valence-corrected chi connectivity index (χ4v) is 6.77. The molecule has 172 valence electrons. The molecule has 1 amide bonds. The number of anilines is 3. The van der Waals surface area contributed by atoms with E-state index in [1.807, 2.05) is 32.6 Å². The molecule has 9 heteroatoms. The second kappa shape index (κ2) is 8.22. The predicted octanol–water partition coefficient (Wildman–Crippen LogP) is 3.74. The number of carbonyl (C=O) groups is 1. The van der Waals surface area contributed by atoms with Gasteiger partial charge in [0.1, 0.15) is 5.82 Å². The molecule has 2 atom stereocenters. The second-order valence-corrected chi connectivity index (χ2v) is 10.7. The SMILES string of the molecule is CN(C)C(=O)c1sc2cnc(Nc3ccc(N4C[C@H]5C[C@@H]4CN5)cn3)nc2c1C1CCCC1. The van der Waals surface area contributed by atoms with Crippen molar-refractivity contribution in [2.75, 3.05) is 37.4 Å². The summed E-state index contributed by atoms with van der Waals surface area (Å²) in [5, 5.41) is 6.81. The summed E-state index contributed by atoms with van der Waals surface area (Å²) in [5.41, 5.74) is 3.18. The summed E-state index contributed by atoms with van der Waals surface area (Å²) >= 11 is 1.51. The maximum absolute atomic E-state index is 12.9. The smallest absolute Gasteiger partial charge is 0.263 e. The first-order chi connectivity index (χ1) is 16.1. The molecule has 2 aliphatic heterocycles. The van der Waals surface area contributed by atoms with Crippen molar-refractivity contribution in [2.45, 2.75) is 50.1 Å². The van der Waals surface area contributed by atoms with Crippen LogP contribution in [0.3, 0.4) is 0 Å². The van der Waals surface area contributed by atoms with Crippen LogP contribution in [0.5, 0.6) is 0 Å². The van der Waals surface area contributed by atoms with Crippen LogP contribution in [0.15, 0.2) is 24.5 Å². The highest BCUT2D eigenvalue weighted by Gasteiger charge is 2.37. The fourth-order valence-electron chi connectivity index (χ4n) is 5.55. The van der Waals surface area contributed by atoms with Crippen LogP contribution in [0.25, 0.3) is 10.2 Å². The molecule has 0 spiro atoms. The number of amides is 1. The molecule has 5 heterocycles. The van der Waals surface area contributed by atoms with Crippen molar-refractivity contribution in [2.24, 2.45) is 0 Å². The highest BCUT2D eigenvalue weighted by atomic mass is 32.1. The lowest BCUT2D eigenvalue weighted by Crippen LogP contribution is -2.43. The lowest BCUT2D eigenvalue weighted by atomic mass is 9.96. The summed E-state index contributed by atoms with van der Waals surface area (Å²) in [6, 6.07) is 5.30. The third-order valence-electron chi connectivity index (χ3n) is 7.21. The zero-order valence-electron chi connectivity index (χ0n) is 19.0. The molecule has 3 aliphatic rings. The van der Waals surface area contributed by atoms with Gasteiger partial charge < -0.3 is 20.4 Å². The van der Waals surface area contributed by atoms with E-state index in [-0.39, 0.29) is 5.91 Å². The monoisotopic (exact) mass is 463 g/mol. The molecule has 2 N–H and O–H groups in total. The normalized spacial score (nSPS) is 22.4. The average molecular weight is 464 g/mol. The van der Waals surface area contributed by atoms with Gasteiger partial charge in [0, 0.05) is 44.8 Å². The van der Waals surface area contributed by atoms with Crippen molar-refractivity contribution < 1.29 is 4.79 Å². The van der Waals surface area contributed by atoms with Crippen molar-refractivity contribution in [1.82, 2.24) is 25.2 Å². The van der Waals surface area contributed by atoms with Gasteiger partial charge in [0.25, 0.3) is 5.91 Å². The Kier molecular flexibility index (Phi) is 5.18. The van der Waals surface area contributed by atoms with Gasteiger partial charge in [-0.15, -0.1) is 11.3 Å². The summed E-state index contributed by atoms with van der Waals surface area (Å²) in [6.07, 6.45) is 9.63. The minimum Gasteiger partial charge on any atom is -0.364 e. The van der Waals surface area contributed by atoms with Gasteiger partial charge in [-0.3, -0.25) is 4.79 Å². The Labute approximate surface area is 197 Å². The molecular weight excluding hydrogens is 434 g/mol. The number of rotatable bonds is 5. The summed E-state index contributed by atoms with van der Waals surface area (Å²) in [6.45, 7) is 2.11. The molecule has 2 saturated heterocycles. The number of piperazine rings is 1. The summed E-state index contributed by atoms with van der Waals surface area (Å²) in [7, 11) is 3.62. The first kappa shape index (κ1) is 20.8. The Morgan fingerprint density at radius 3 is 2.73 bits per heavy atom. The standard InChI is InChI=1S/C24H29N7OS/c1-30(2)23(32)22-20(14-5-3-4-6-14)21-18(33-22)12-27-24(29-21)28-19-8-7-16(10-26-19)31-13-15-9-17(31)11-25-15/h7-8,10,12,14-15,17,25H,3-6,9,11,13H2,1-2H3,(H,26,27,28,29)/t15-,17-/m1/s1. The van der Waals surface area contributed by atoms with Gasteiger partial charge >= 0.3 is 0 Å². The van der Waals surface area contributed by atoms with Crippen LogP contribution in [-0.2, 0) is 0 Å². The zero-order valence-corrected chi connectivity index (χ0v) is 19.9. The van der Waals surface area contributed by atoms with Crippen LogP contribution in [0.1, 0.15) is 53.3 Å². The van der Waals surface area contributed by atoms with Crippen molar-refractivity contribution in [3.63, 3.8) is 0 Å². The van der Waals surface area contributed by atoms with Crippen molar-refractivity contribution in [3.05, 3.63) is 35.0 Å². The van der Waals surface area contributed by atoms with E-state index in [1.165, 1.54) is 36.3 Å². The number of nitrogens with one attached hydrogen (secondary N) is 2. The highest BCUT2D eigenvalue weighted by Crippen LogP contribution is 2.43. The van der Waals surface area contributed by atoms with Crippen molar-refractivity contribution in [3.8, 4) is 0 Å². The van der Waals surface area contributed by atoms with E-state index in [1.54, 1.807) is 4.90 Å². The molecule has 1 saturated carbocycles. The molecule has 0 radical (unpaired) electrons. The number of aromatic nitrogens is 3. The Hall–Kier alpha value is -2.78. The Bertz CT molecular complexity index is 1190. The Morgan fingerprint density at radius 1 is 1.21 bits per heavy atom. The predicted molar refractivity (Wildman–Crippen MR) is 132 cm³/mol. The zero-order chi connectivity index (χ0) is 22.5. The van der Waals surface area contributed by atoms with Crippen LogP contribution in [-0.4, -0.2) is 65.0 Å². The maximum atomic E-state index is 12.9. The molecular formula is C24H29N7OS. The van der Waals surface area contributed by atoms with Gasteiger partial charge in [-0.2, -0.15) is 0 Å². The average Bonchev–Trinajstić information content (AvgIpc) is 3.62. The molecule has 8 nitrogen and oxygen atoms in total. The molecule has 6 rings (SSSR count). The first-order valence-electron chi connectivity index (χ1n) is 11.8. The highest BCUT2D eigenvalue weighted by molar-refractivity contribution is 7.21. The van der Waals surface area contributed by atoms with Gasteiger partial charge in [0.2, 0.25) is 5.95 Å². The molecule has 2 bridgehead atoms. The number of pyridine rings is 1. The Balaban J connectivity index is 1.28. The van der Waals surface area contributed by atoms with E-state index in [2.05, 4.69) is 31.6 Å². The van der Waals surface area contributed by atoms with Gasteiger partial charge in [0.05, 0.1) is 33.2 Å². The van der Waals surface area contributed by atoms with Crippen LogP contribution in [0.2, 0.25) is 0 Å². The van der Waals surface area contributed by atoms with E-state index in [0.717, 1.165) is 52.4 Å². The lowest BCUT2D eigenvalue weighted by Gasteiger charge is -2.29. The van der Waals surface area contributed by atoms with Crippen LogP contribution >= 0.6 is 11.3 Å². The molecule has 1 aliphatic carbocycles. The molecule has 0 unspecified atom stereocenters. The van der Waals surface area contributed by atoms with Gasteiger partial charge in [-0.05, 0) is 37.3 Å². The number of carbonyl (C=O) groups excluding carboxylic acids is 1. The summed E-state index contributed by atoms with van der Waals surface area (Å²) < 4.78 is 0.966. The number of nitrogens with zero attached hydrogens (tertiary/aromatic N) is 5. The maximum Gasteiger partial charge on any atom is 0.263 e. The minimum absolute atomic E-state index is 0.0532. The van der Waals surface area contributed by atoms with E-state index in [9.17, 15) is 4.79 Å². The molecule has 3 aromatic heterocycles. The number of hydrogen-bond donors (Lipinski definition) is 2. The minimum atomic E-state index is 0.0532. The van der Waals surface area contributed by atoms with Gasteiger partial charge in [-0.1, -0.05) is 12.8 Å². The molecule has 0 aromatic carbocycles. The second-order valence-electron chi connectivity index (χ2n) is 9.61. The summed E-state index contributed by atoms with van der Waals surface area (Å²) in [4.78, 5) is 31.8. The van der Waals surface area contributed by atoms with Crippen LogP contribution < -0.4 is 15.5 Å². The Morgan fingerprint density at radius 2 is 2.06 bits per heavy atom. The van der Waals surface area contributed by atoms with E-state index in [4.69, 9.17) is 4.98 Å². The van der Waals surface area contributed by atoms with E-state index >= 15 is 0 Å². The van der Waals surface area contributed by atoms with Crippen molar-refractivity contribution >= 4 is 44.9 Å². The van der Waals surface area contributed by atoms with Crippen LogP contribution in [0, 0.1) is 0 Å². The van der Waals surface area contributed by atoms with Gasteiger partial charge in [-0.25, -0.2) is 15.0 Å². The van der Waals surface area contributed by atoms with E-state index < -0.39 is 0 Å². The lowest BCUT2D eigenvalue weighted by molar-refractivity contribution is 0.0831. The number of fused-ring (bicyclic) bond motifs is 3. The topological polar surface area (TPSA) is 86.3 Å². The quantitative estimate of drug-likeness (QED) is 0.596. The number of thiophene rings is 1.